The van der Waals surface area contributed by atoms with Gasteiger partial charge in [0.25, 0.3) is 0 Å². The van der Waals surface area contributed by atoms with Crippen LogP contribution in [0.4, 0.5) is 0 Å². The molecular formula is C11H10O2S. The fourth-order valence-electron chi connectivity index (χ4n) is 1.36. The Hall–Kier alpha value is -1.19. The van der Waals surface area contributed by atoms with E-state index in [1.807, 2.05) is 24.3 Å². The van der Waals surface area contributed by atoms with Crippen LogP contribution in [0.25, 0.3) is 10.8 Å². The van der Waals surface area contributed by atoms with Gasteiger partial charge in [-0.3, -0.25) is 0 Å². The second kappa shape index (κ2) is 3.90. The van der Waals surface area contributed by atoms with Crippen molar-refractivity contribution in [1.29, 1.82) is 0 Å². The van der Waals surface area contributed by atoms with E-state index in [2.05, 4.69) is 0 Å². The molecule has 0 saturated heterocycles. The topological polar surface area (TPSA) is 29.5 Å². The molecule has 0 spiro atoms. The van der Waals surface area contributed by atoms with Gasteiger partial charge in [0.15, 0.2) is 0 Å². The highest BCUT2D eigenvalue weighted by molar-refractivity contribution is 7.94. The molecule has 0 fully saturated rings. The zero-order chi connectivity index (χ0) is 9.97. The summed E-state index contributed by atoms with van der Waals surface area (Å²) in [7, 11) is 1.64. The van der Waals surface area contributed by atoms with E-state index in [1.165, 1.54) is 12.0 Å². The minimum atomic E-state index is 0.296. The first-order valence-electron chi connectivity index (χ1n) is 4.23. The Morgan fingerprint density at radius 3 is 2.57 bits per heavy atom. The lowest BCUT2D eigenvalue weighted by Gasteiger charge is -2.01. The highest BCUT2D eigenvalue weighted by Crippen LogP contribution is 2.25. The van der Waals surface area contributed by atoms with Crippen molar-refractivity contribution in [3.05, 3.63) is 36.4 Å². The van der Waals surface area contributed by atoms with Gasteiger partial charge in [-0.05, 0) is 35.0 Å². The standard InChI is InChI=1S/C11H10O2S/c1-13-14-11-5-3-8-6-10(12)4-2-9(8)7-11/h2-7,12H,1H3. The summed E-state index contributed by atoms with van der Waals surface area (Å²) in [6.45, 7) is 0. The molecule has 0 bridgehead atoms. The molecule has 0 aromatic heterocycles. The van der Waals surface area contributed by atoms with Crippen LogP contribution in [0.15, 0.2) is 41.3 Å². The molecule has 2 rings (SSSR count). The third-order valence-corrected chi connectivity index (χ3v) is 2.59. The van der Waals surface area contributed by atoms with Gasteiger partial charge in [-0.15, -0.1) is 0 Å². The lowest BCUT2D eigenvalue weighted by atomic mass is 10.1. The lowest BCUT2D eigenvalue weighted by Crippen LogP contribution is -1.75. The van der Waals surface area contributed by atoms with Gasteiger partial charge >= 0.3 is 0 Å². The van der Waals surface area contributed by atoms with E-state index in [9.17, 15) is 5.11 Å². The van der Waals surface area contributed by atoms with Crippen LogP contribution in [0.5, 0.6) is 5.75 Å². The van der Waals surface area contributed by atoms with Crippen LogP contribution >= 0.6 is 12.0 Å². The minimum Gasteiger partial charge on any atom is -0.508 e. The fraction of sp³-hybridized carbons (Fsp3) is 0.0909. The molecule has 1 N–H and O–H groups in total. The van der Waals surface area contributed by atoms with E-state index in [4.69, 9.17) is 4.18 Å². The number of hydrogen-bond acceptors (Lipinski definition) is 3. The van der Waals surface area contributed by atoms with Crippen LogP contribution < -0.4 is 0 Å². The van der Waals surface area contributed by atoms with Gasteiger partial charge in [0.05, 0.1) is 7.11 Å². The van der Waals surface area contributed by atoms with Crippen molar-refractivity contribution in [3.8, 4) is 5.75 Å². The molecule has 0 aliphatic rings. The molecule has 3 heteroatoms. The van der Waals surface area contributed by atoms with E-state index in [-0.39, 0.29) is 0 Å². The summed E-state index contributed by atoms with van der Waals surface area (Å²) in [6, 6.07) is 11.3. The van der Waals surface area contributed by atoms with Gasteiger partial charge in [0.1, 0.15) is 5.75 Å². The predicted octanol–water partition coefficient (Wildman–Crippen LogP) is 3.20. The summed E-state index contributed by atoms with van der Waals surface area (Å²) >= 11 is 1.33. The molecule has 0 atom stereocenters. The summed E-state index contributed by atoms with van der Waals surface area (Å²) in [5.41, 5.74) is 0. The predicted molar refractivity (Wildman–Crippen MR) is 58.5 cm³/mol. The molecule has 0 saturated carbocycles. The first-order chi connectivity index (χ1) is 6.79. The number of rotatable bonds is 2. The van der Waals surface area contributed by atoms with Crippen molar-refractivity contribution in [2.75, 3.05) is 7.11 Å². The molecular weight excluding hydrogens is 196 g/mol. The van der Waals surface area contributed by atoms with E-state index >= 15 is 0 Å². The molecule has 0 amide bonds. The number of aromatic hydroxyl groups is 1. The lowest BCUT2D eigenvalue weighted by molar-refractivity contribution is 0.476. The Kier molecular flexibility index (Phi) is 2.61. The van der Waals surface area contributed by atoms with Crippen LogP contribution in [-0.2, 0) is 4.18 Å². The maximum Gasteiger partial charge on any atom is 0.116 e. The summed E-state index contributed by atoms with van der Waals surface area (Å²) in [5.74, 6) is 0.296. The van der Waals surface area contributed by atoms with Crippen LogP contribution in [-0.4, -0.2) is 12.2 Å². The summed E-state index contributed by atoms with van der Waals surface area (Å²) < 4.78 is 4.97. The third-order valence-electron chi connectivity index (χ3n) is 1.97. The Balaban J connectivity index is 2.50. The number of benzene rings is 2. The van der Waals surface area contributed by atoms with Crippen molar-refractivity contribution in [1.82, 2.24) is 0 Å². The molecule has 0 heterocycles. The molecule has 0 aliphatic heterocycles. The molecule has 2 aromatic rings. The molecule has 14 heavy (non-hydrogen) atoms. The highest BCUT2D eigenvalue weighted by Gasteiger charge is 1.98. The monoisotopic (exact) mass is 206 g/mol. The third kappa shape index (κ3) is 1.84. The average Bonchev–Trinajstić information content (AvgIpc) is 2.19. The van der Waals surface area contributed by atoms with E-state index in [1.54, 1.807) is 19.2 Å². The second-order valence-corrected chi connectivity index (χ2v) is 3.91. The van der Waals surface area contributed by atoms with Gasteiger partial charge in [-0.1, -0.05) is 12.1 Å². The van der Waals surface area contributed by atoms with Crippen LogP contribution in [0, 0.1) is 0 Å². The van der Waals surface area contributed by atoms with Crippen molar-refractivity contribution < 1.29 is 9.29 Å². The van der Waals surface area contributed by atoms with Crippen molar-refractivity contribution >= 4 is 22.8 Å². The molecule has 2 nitrogen and oxygen atoms in total. The van der Waals surface area contributed by atoms with Gasteiger partial charge in [0.2, 0.25) is 0 Å². The number of fused-ring (bicyclic) bond motifs is 1. The van der Waals surface area contributed by atoms with Crippen LogP contribution in [0.3, 0.4) is 0 Å². The quantitative estimate of drug-likeness (QED) is 0.765. The molecule has 0 radical (unpaired) electrons. The smallest absolute Gasteiger partial charge is 0.116 e. The van der Waals surface area contributed by atoms with Crippen LogP contribution in [0.1, 0.15) is 0 Å². The summed E-state index contributed by atoms with van der Waals surface area (Å²) in [4.78, 5) is 1.06. The van der Waals surface area contributed by atoms with E-state index < -0.39 is 0 Å². The zero-order valence-corrected chi connectivity index (χ0v) is 8.54. The average molecular weight is 206 g/mol. The van der Waals surface area contributed by atoms with Crippen molar-refractivity contribution in [2.24, 2.45) is 0 Å². The maximum atomic E-state index is 9.27. The van der Waals surface area contributed by atoms with E-state index in [0.29, 0.717) is 5.75 Å². The zero-order valence-electron chi connectivity index (χ0n) is 7.73. The fourth-order valence-corrected chi connectivity index (χ4v) is 1.85. The maximum absolute atomic E-state index is 9.27. The van der Waals surface area contributed by atoms with E-state index in [0.717, 1.165) is 15.7 Å². The number of hydrogen-bond donors (Lipinski definition) is 1. The second-order valence-electron chi connectivity index (χ2n) is 2.94. The summed E-state index contributed by atoms with van der Waals surface area (Å²) in [6.07, 6.45) is 0. The molecule has 0 unspecified atom stereocenters. The molecule has 72 valence electrons. The normalized spacial score (nSPS) is 10.6. The Labute approximate surface area is 86.7 Å². The number of phenols is 1. The SMILES string of the molecule is COSc1ccc2cc(O)ccc2c1. The van der Waals surface area contributed by atoms with Crippen molar-refractivity contribution in [2.45, 2.75) is 4.90 Å². The first-order valence-corrected chi connectivity index (χ1v) is 4.97. The van der Waals surface area contributed by atoms with Gasteiger partial charge in [-0.25, -0.2) is 0 Å². The Bertz CT molecular complexity index is 454. The molecule has 0 aliphatic carbocycles. The Morgan fingerprint density at radius 1 is 1.07 bits per heavy atom. The molecule has 2 aromatic carbocycles. The largest absolute Gasteiger partial charge is 0.508 e. The van der Waals surface area contributed by atoms with Gasteiger partial charge in [-0.2, -0.15) is 0 Å². The van der Waals surface area contributed by atoms with Crippen molar-refractivity contribution in [3.63, 3.8) is 0 Å². The van der Waals surface area contributed by atoms with Gasteiger partial charge in [0, 0.05) is 16.9 Å². The van der Waals surface area contributed by atoms with Gasteiger partial charge < -0.3 is 9.29 Å². The first kappa shape index (κ1) is 9.37. The minimum absolute atomic E-state index is 0.296. The number of phenolic OH excluding ortho intramolecular Hbond substituents is 1. The van der Waals surface area contributed by atoms with Crippen LogP contribution in [0.2, 0.25) is 0 Å². The summed E-state index contributed by atoms with van der Waals surface area (Å²) in [5, 5.41) is 11.4. The highest BCUT2D eigenvalue weighted by atomic mass is 32.2. The Morgan fingerprint density at radius 2 is 1.79 bits per heavy atom.